The molecular weight excluding hydrogens is 603 g/mol. The van der Waals surface area contributed by atoms with E-state index >= 15 is 0 Å². The predicted octanol–water partition coefficient (Wildman–Crippen LogP) is 6.34. The van der Waals surface area contributed by atoms with Gasteiger partial charge >= 0.3 is 6.18 Å². The average Bonchev–Trinajstić information content (AvgIpc) is 3.47. The maximum absolute atomic E-state index is 14.0. The van der Waals surface area contributed by atoms with Crippen LogP contribution >= 0.6 is 11.6 Å². The van der Waals surface area contributed by atoms with Crippen molar-refractivity contribution in [2.45, 2.75) is 69.2 Å². The third kappa shape index (κ3) is 7.88. The lowest BCUT2D eigenvalue weighted by Crippen LogP contribution is -2.52. The van der Waals surface area contributed by atoms with Gasteiger partial charge in [-0.05, 0) is 62.6 Å². The molecule has 4 rings (SSSR count). The minimum atomic E-state index is -4.80. The van der Waals surface area contributed by atoms with E-state index < -0.39 is 51.9 Å². The molecule has 2 amide bonds. The second-order valence-corrected chi connectivity index (χ2v) is 12.9. The number of aryl methyl sites for hydroxylation is 1. The van der Waals surface area contributed by atoms with Crippen molar-refractivity contribution in [3.8, 4) is 0 Å². The highest BCUT2D eigenvalue weighted by Crippen LogP contribution is 2.37. The SMILES string of the molecule is Cc1cccc(CN(C(=O)CN(c2cc(C(F)(F)F)ccc2Cl)S(=O)(=O)c2ccccc2)[C@@H](C)C(=O)NC2CCCC2)c1. The second-order valence-electron chi connectivity index (χ2n) is 10.7. The molecule has 43 heavy (non-hydrogen) atoms. The first kappa shape index (κ1) is 32.3. The van der Waals surface area contributed by atoms with E-state index in [0.717, 1.165) is 43.4 Å². The fourth-order valence-corrected chi connectivity index (χ4v) is 6.81. The van der Waals surface area contributed by atoms with Gasteiger partial charge in [0.15, 0.2) is 0 Å². The summed E-state index contributed by atoms with van der Waals surface area (Å²) in [4.78, 5) is 28.3. The first-order valence-electron chi connectivity index (χ1n) is 13.9. The smallest absolute Gasteiger partial charge is 0.352 e. The van der Waals surface area contributed by atoms with Crippen LogP contribution in [0.4, 0.5) is 18.9 Å². The van der Waals surface area contributed by atoms with Crippen LogP contribution in [0, 0.1) is 6.92 Å². The molecule has 3 aromatic rings. The highest BCUT2D eigenvalue weighted by molar-refractivity contribution is 7.92. The van der Waals surface area contributed by atoms with Gasteiger partial charge in [0.25, 0.3) is 10.0 Å². The number of alkyl halides is 3. The molecule has 230 valence electrons. The highest BCUT2D eigenvalue weighted by Gasteiger charge is 2.36. The molecule has 0 heterocycles. The zero-order valence-corrected chi connectivity index (χ0v) is 25.3. The van der Waals surface area contributed by atoms with E-state index in [-0.39, 0.29) is 22.5 Å². The molecule has 7 nitrogen and oxygen atoms in total. The Kier molecular flexibility index (Phi) is 10.1. The summed E-state index contributed by atoms with van der Waals surface area (Å²) >= 11 is 6.29. The number of benzene rings is 3. The van der Waals surface area contributed by atoms with Gasteiger partial charge in [-0.3, -0.25) is 13.9 Å². The Bertz CT molecular complexity index is 1560. The van der Waals surface area contributed by atoms with Crippen molar-refractivity contribution in [3.63, 3.8) is 0 Å². The zero-order chi connectivity index (χ0) is 31.4. The van der Waals surface area contributed by atoms with Crippen LogP contribution in [0.15, 0.2) is 77.7 Å². The molecule has 0 unspecified atom stereocenters. The summed E-state index contributed by atoms with van der Waals surface area (Å²) in [5.74, 6) is -1.19. The number of rotatable bonds is 10. The number of carbonyl (C=O) groups excluding carboxylic acids is 2. The van der Waals surface area contributed by atoms with Crippen LogP contribution in [-0.2, 0) is 32.3 Å². The van der Waals surface area contributed by atoms with E-state index in [2.05, 4.69) is 5.32 Å². The van der Waals surface area contributed by atoms with E-state index in [1.807, 2.05) is 19.1 Å². The Hall–Kier alpha value is -3.57. The van der Waals surface area contributed by atoms with Crippen LogP contribution in [0.25, 0.3) is 0 Å². The summed E-state index contributed by atoms with van der Waals surface area (Å²) < 4.78 is 69.4. The molecule has 1 N–H and O–H groups in total. The van der Waals surface area contributed by atoms with Crippen LogP contribution in [0.1, 0.15) is 49.3 Å². The molecule has 1 fully saturated rings. The summed E-state index contributed by atoms with van der Waals surface area (Å²) in [6, 6.07) is 15.6. The van der Waals surface area contributed by atoms with Gasteiger partial charge in [-0.25, -0.2) is 8.42 Å². The lowest BCUT2D eigenvalue weighted by atomic mass is 10.1. The van der Waals surface area contributed by atoms with Crippen LogP contribution < -0.4 is 9.62 Å². The van der Waals surface area contributed by atoms with Crippen molar-refractivity contribution in [1.29, 1.82) is 0 Å². The lowest BCUT2D eigenvalue weighted by molar-refractivity contribution is -0.139. The molecule has 0 aliphatic heterocycles. The quantitative estimate of drug-likeness (QED) is 0.282. The van der Waals surface area contributed by atoms with Gasteiger partial charge < -0.3 is 10.2 Å². The van der Waals surface area contributed by atoms with E-state index in [0.29, 0.717) is 15.9 Å². The lowest BCUT2D eigenvalue weighted by Gasteiger charge is -2.33. The molecule has 1 aliphatic rings. The first-order chi connectivity index (χ1) is 20.3. The van der Waals surface area contributed by atoms with Crippen molar-refractivity contribution < 1.29 is 31.2 Å². The maximum Gasteiger partial charge on any atom is 0.416 e. The third-order valence-electron chi connectivity index (χ3n) is 7.46. The molecule has 0 saturated heterocycles. The van der Waals surface area contributed by atoms with Crippen LogP contribution in [0.3, 0.4) is 0 Å². The molecule has 1 atom stereocenters. The summed E-state index contributed by atoms with van der Waals surface area (Å²) in [6.45, 7) is 2.49. The summed E-state index contributed by atoms with van der Waals surface area (Å²) in [7, 11) is -4.58. The molecule has 3 aromatic carbocycles. The van der Waals surface area contributed by atoms with Crippen molar-refractivity contribution >= 4 is 39.1 Å². The van der Waals surface area contributed by atoms with Gasteiger partial charge in [-0.2, -0.15) is 13.2 Å². The van der Waals surface area contributed by atoms with Crippen molar-refractivity contribution in [3.05, 3.63) is 94.5 Å². The second kappa shape index (κ2) is 13.4. The number of nitrogens with zero attached hydrogens (tertiary/aromatic N) is 2. The zero-order valence-electron chi connectivity index (χ0n) is 23.8. The number of anilines is 1. The fraction of sp³-hybridized carbons (Fsp3) is 0.355. The van der Waals surface area contributed by atoms with E-state index in [1.54, 1.807) is 25.1 Å². The Labute approximate surface area is 254 Å². The number of carbonyl (C=O) groups is 2. The monoisotopic (exact) mass is 635 g/mol. The maximum atomic E-state index is 14.0. The molecule has 0 aromatic heterocycles. The van der Waals surface area contributed by atoms with Gasteiger partial charge in [-0.1, -0.05) is 72.5 Å². The van der Waals surface area contributed by atoms with E-state index in [1.165, 1.54) is 29.2 Å². The Morgan fingerprint density at radius 3 is 2.30 bits per heavy atom. The van der Waals surface area contributed by atoms with Gasteiger partial charge in [0.2, 0.25) is 11.8 Å². The van der Waals surface area contributed by atoms with Gasteiger partial charge in [-0.15, -0.1) is 0 Å². The molecule has 0 bridgehead atoms. The normalized spacial score (nSPS) is 14.7. The average molecular weight is 636 g/mol. The van der Waals surface area contributed by atoms with Crippen molar-refractivity contribution in [1.82, 2.24) is 10.2 Å². The summed E-state index contributed by atoms with van der Waals surface area (Å²) in [6.07, 6.45) is -1.19. The topological polar surface area (TPSA) is 86.8 Å². The van der Waals surface area contributed by atoms with Crippen molar-refractivity contribution in [2.24, 2.45) is 0 Å². The Morgan fingerprint density at radius 1 is 1.00 bits per heavy atom. The van der Waals surface area contributed by atoms with Crippen LogP contribution in [0.5, 0.6) is 0 Å². The van der Waals surface area contributed by atoms with E-state index in [4.69, 9.17) is 11.6 Å². The Balaban J connectivity index is 1.76. The largest absolute Gasteiger partial charge is 0.416 e. The third-order valence-corrected chi connectivity index (χ3v) is 9.55. The number of halogens is 4. The fourth-order valence-electron chi connectivity index (χ4n) is 5.09. The number of hydrogen-bond donors (Lipinski definition) is 1. The molecule has 1 saturated carbocycles. The van der Waals surface area contributed by atoms with Crippen LogP contribution in [0.2, 0.25) is 5.02 Å². The van der Waals surface area contributed by atoms with Gasteiger partial charge in [0.1, 0.15) is 12.6 Å². The molecule has 1 aliphatic carbocycles. The van der Waals surface area contributed by atoms with Gasteiger partial charge in [0, 0.05) is 12.6 Å². The number of amides is 2. The molecule has 12 heteroatoms. The van der Waals surface area contributed by atoms with Gasteiger partial charge in [0.05, 0.1) is 21.2 Å². The highest BCUT2D eigenvalue weighted by atomic mass is 35.5. The summed E-state index contributed by atoms with van der Waals surface area (Å²) in [5.41, 5.74) is -0.0266. The minimum absolute atomic E-state index is 0.0234. The standard InChI is InChI=1S/C31H33ClF3N3O4S/c1-21-9-8-10-23(17-21)19-37(22(2)30(40)36-25-11-6-7-12-25)29(39)20-38(43(41,42)26-13-4-3-5-14-26)28-18-24(31(33,34)35)15-16-27(28)32/h3-5,8-10,13-18,22,25H,6-7,11-12,19-20H2,1-2H3,(H,36,40)/t22-/m0/s1. The minimum Gasteiger partial charge on any atom is -0.352 e. The number of hydrogen-bond acceptors (Lipinski definition) is 4. The Morgan fingerprint density at radius 2 is 1.67 bits per heavy atom. The summed E-state index contributed by atoms with van der Waals surface area (Å²) in [5, 5.41) is 2.68. The van der Waals surface area contributed by atoms with Crippen molar-refractivity contribution in [2.75, 3.05) is 10.8 Å². The molecule has 0 radical (unpaired) electrons. The molecular formula is C31H33ClF3N3O4S. The number of nitrogens with one attached hydrogen (secondary N) is 1. The van der Waals surface area contributed by atoms with E-state index in [9.17, 15) is 31.2 Å². The number of sulfonamides is 1. The molecule has 0 spiro atoms. The predicted molar refractivity (Wildman–Crippen MR) is 159 cm³/mol. The first-order valence-corrected chi connectivity index (χ1v) is 15.7. The van der Waals surface area contributed by atoms with Crippen LogP contribution in [-0.4, -0.2) is 43.8 Å².